The first-order valence-corrected chi connectivity index (χ1v) is 11.0. The van der Waals surface area contributed by atoms with Gasteiger partial charge < -0.3 is 20.1 Å². The van der Waals surface area contributed by atoms with Gasteiger partial charge in [0.25, 0.3) is 11.8 Å². The van der Waals surface area contributed by atoms with E-state index in [9.17, 15) is 14.4 Å². The summed E-state index contributed by atoms with van der Waals surface area (Å²) in [6.45, 7) is -0.123. The molecule has 2 amide bonds. The summed E-state index contributed by atoms with van der Waals surface area (Å²) >= 11 is 0. The number of Topliss-reactive ketones (excluding diaryl/α,β-unsaturated/α-hetero) is 1. The average molecular weight is 417 g/mol. The first-order valence-electron chi connectivity index (χ1n) is 11.0. The van der Waals surface area contributed by atoms with E-state index in [0.29, 0.717) is 11.5 Å². The number of carbonyl (C=O) groups is 3. The second-order valence-corrected chi connectivity index (χ2v) is 8.19. The van der Waals surface area contributed by atoms with E-state index in [1.807, 2.05) is 0 Å². The molecule has 2 fully saturated rings. The molecule has 164 valence electrons. The van der Waals surface area contributed by atoms with Crippen molar-refractivity contribution in [3.63, 3.8) is 0 Å². The predicted octanol–water partition coefficient (Wildman–Crippen LogP) is 3.15. The lowest BCUT2D eigenvalue weighted by atomic mass is 9.95. The van der Waals surface area contributed by atoms with E-state index in [2.05, 4.69) is 10.6 Å². The Bertz CT molecular complexity index is 752. The van der Waals surface area contributed by atoms with Crippen LogP contribution in [0.4, 0.5) is 0 Å². The molecule has 2 aliphatic rings. The maximum absolute atomic E-state index is 12.5. The van der Waals surface area contributed by atoms with Crippen molar-refractivity contribution in [3.8, 4) is 11.5 Å². The number of amides is 2. The summed E-state index contributed by atoms with van der Waals surface area (Å²) in [5, 5.41) is 5.83. The van der Waals surface area contributed by atoms with Crippen molar-refractivity contribution in [2.75, 3.05) is 13.7 Å². The van der Waals surface area contributed by atoms with Crippen LogP contribution in [0.2, 0.25) is 0 Å². The van der Waals surface area contributed by atoms with Gasteiger partial charge in [-0.1, -0.05) is 38.5 Å². The summed E-state index contributed by atoms with van der Waals surface area (Å²) in [6, 6.07) is 4.87. The van der Waals surface area contributed by atoms with Gasteiger partial charge in [0.15, 0.2) is 18.1 Å². The number of hydrogen-bond donors (Lipinski definition) is 2. The topological polar surface area (TPSA) is 93.7 Å². The van der Waals surface area contributed by atoms with E-state index in [4.69, 9.17) is 9.47 Å². The standard InChI is InChI=1S/C23H32N2O5/c1-29-20-14-16(22(27)23(28)25-18-10-6-3-7-11-18)12-13-19(20)30-15-21(26)24-17-8-4-2-5-9-17/h12-14,17-18H,2-11,15H2,1H3,(H,24,26)(H,25,28). The van der Waals surface area contributed by atoms with Crippen molar-refractivity contribution in [1.29, 1.82) is 0 Å². The molecule has 1 aromatic carbocycles. The second-order valence-electron chi connectivity index (χ2n) is 8.19. The fourth-order valence-corrected chi connectivity index (χ4v) is 4.22. The Balaban J connectivity index is 1.54. The van der Waals surface area contributed by atoms with Crippen LogP contribution in [-0.4, -0.2) is 43.4 Å². The fourth-order valence-electron chi connectivity index (χ4n) is 4.22. The molecule has 0 spiro atoms. The summed E-state index contributed by atoms with van der Waals surface area (Å²) in [6.07, 6.45) is 10.7. The second kappa shape index (κ2) is 11.0. The van der Waals surface area contributed by atoms with Crippen molar-refractivity contribution in [3.05, 3.63) is 23.8 Å². The number of ketones is 1. The lowest BCUT2D eigenvalue weighted by Crippen LogP contribution is -2.40. The molecule has 30 heavy (non-hydrogen) atoms. The third kappa shape index (κ3) is 6.21. The van der Waals surface area contributed by atoms with Gasteiger partial charge in [-0.3, -0.25) is 14.4 Å². The number of nitrogens with one attached hydrogen (secondary N) is 2. The van der Waals surface area contributed by atoms with Gasteiger partial charge in [0.2, 0.25) is 5.78 Å². The number of carbonyl (C=O) groups excluding carboxylic acids is 3. The fraction of sp³-hybridized carbons (Fsp3) is 0.609. The molecule has 2 aliphatic carbocycles. The molecule has 0 aromatic heterocycles. The monoisotopic (exact) mass is 416 g/mol. The number of rotatable bonds is 8. The van der Waals surface area contributed by atoms with E-state index < -0.39 is 11.7 Å². The highest BCUT2D eigenvalue weighted by atomic mass is 16.5. The largest absolute Gasteiger partial charge is 0.493 e. The van der Waals surface area contributed by atoms with Crippen molar-refractivity contribution in [1.82, 2.24) is 10.6 Å². The molecule has 0 unspecified atom stereocenters. The van der Waals surface area contributed by atoms with Crippen molar-refractivity contribution in [2.24, 2.45) is 0 Å². The highest BCUT2D eigenvalue weighted by Gasteiger charge is 2.23. The maximum Gasteiger partial charge on any atom is 0.292 e. The van der Waals surface area contributed by atoms with E-state index in [-0.39, 0.29) is 30.2 Å². The molecule has 0 atom stereocenters. The number of benzene rings is 1. The minimum atomic E-state index is -0.597. The molecule has 1 aromatic rings. The molecule has 0 heterocycles. The molecule has 0 bridgehead atoms. The molecular weight excluding hydrogens is 384 g/mol. The summed E-state index contributed by atoms with van der Waals surface area (Å²) in [5.74, 6) is -0.682. The summed E-state index contributed by atoms with van der Waals surface area (Å²) < 4.78 is 10.9. The number of ether oxygens (including phenoxy) is 2. The molecule has 7 heteroatoms. The van der Waals surface area contributed by atoms with Crippen molar-refractivity contribution < 1.29 is 23.9 Å². The molecule has 0 saturated heterocycles. The van der Waals surface area contributed by atoms with Crippen molar-refractivity contribution in [2.45, 2.75) is 76.3 Å². The molecular formula is C23H32N2O5. The van der Waals surface area contributed by atoms with Gasteiger partial charge in [-0.2, -0.15) is 0 Å². The van der Waals surface area contributed by atoms with Gasteiger partial charge in [0.05, 0.1) is 7.11 Å². The normalized spacial score (nSPS) is 17.8. The van der Waals surface area contributed by atoms with Gasteiger partial charge in [-0.15, -0.1) is 0 Å². The molecule has 0 radical (unpaired) electrons. The lowest BCUT2D eigenvalue weighted by molar-refractivity contribution is -0.124. The quantitative estimate of drug-likeness (QED) is 0.502. The van der Waals surface area contributed by atoms with Crippen LogP contribution in [-0.2, 0) is 9.59 Å². The van der Waals surface area contributed by atoms with Crippen LogP contribution < -0.4 is 20.1 Å². The zero-order valence-electron chi connectivity index (χ0n) is 17.7. The van der Waals surface area contributed by atoms with Crippen LogP contribution >= 0.6 is 0 Å². The van der Waals surface area contributed by atoms with Gasteiger partial charge in [-0.25, -0.2) is 0 Å². The zero-order valence-corrected chi connectivity index (χ0v) is 17.7. The first-order chi connectivity index (χ1) is 14.6. The molecule has 2 N–H and O–H groups in total. The van der Waals surface area contributed by atoms with Gasteiger partial charge in [0.1, 0.15) is 0 Å². The summed E-state index contributed by atoms with van der Waals surface area (Å²) in [5.41, 5.74) is 0.235. The van der Waals surface area contributed by atoms with Crippen molar-refractivity contribution >= 4 is 17.6 Å². The average Bonchev–Trinajstić information content (AvgIpc) is 2.78. The summed E-state index contributed by atoms with van der Waals surface area (Å²) in [4.78, 5) is 37.0. The maximum atomic E-state index is 12.5. The molecule has 7 nitrogen and oxygen atoms in total. The van der Waals surface area contributed by atoms with E-state index in [0.717, 1.165) is 51.4 Å². The van der Waals surface area contributed by atoms with Gasteiger partial charge >= 0.3 is 0 Å². The Morgan fingerprint density at radius 3 is 2.07 bits per heavy atom. The molecule has 3 rings (SSSR count). The Kier molecular flexibility index (Phi) is 8.11. The number of hydrogen-bond acceptors (Lipinski definition) is 5. The smallest absolute Gasteiger partial charge is 0.292 e. The van der Waals surface area contributed by atoms with Gasteiger partial charge in [0, 0.05) is 17.6 Å². The number of methoxy groups -OCH3 is 1. The van der Waals surface area contributed by atoms with Gasteiger partial charge in [-0.05, 0) is 43.9 Å². The first kappa shape index (κ1) is 22.1. The molecule has 0 aliphatic heterocycles. The third-order valence-electron chi connectivity index (χ3n) is 5.90. The molecule has 2 saturated carbocycles. The Labute approximate surface area is 177 Å². The minimum absolute atomic E-state index is 0.0716. The van der Waals surface area contributed by atoms with Crippen LogP contribution in [0.3, 0.4) is 0 Å². The minimum Gasteiger partial charge on any atom is -0.493 e. The SMILES string of the molecule is COc1cc(C(=O)C(=O)NC2CCCCC2)ccc1OCC(=O)NC1CCCCC1. The van der Waals surface area contributed by atoms with Crippen LogP contribution in [0.1, 0.15) is 74.6 Å². The van der Waals surface area contributed by atoms with Crippen LogP contribution in [0, 0.1) is 0 Å². The van der Waals surface area contributed by atoms with Crippen LogP contribution in [0.25, 0.3) is 0 Å². The van der Waals surface area contributed by atoms with Crippen LogP contribution in [0.15, 0.2) is 18.2 Å². The Morgan fingerprint density at radius 2 is 1.47 bits per heavy atom. The predicted molar refractivity (Wildman–Crippen MR) is 113 cm³/mol. The van der Waals surface area contributed by atoms with Crippen LogP contribution in [0.5, 0.6) is 11.5 Å². The Hall–Kier alpha value is -2.57. The highest BCUT2D eigenvalue weighted by Crippen LogP contribution is 2.28. The Morgan fingerprint density at radius 1 is 0.867 bits per heavy atom. The third-order valence-corrected chi connectivity index (χ3v) is 5.90. The summed E-state index contributed by atoms with van der Waals surface area (Å²) in [7, 11) is 1.46. The van der Waals surface area contributed by atoms with E-state index in [1.54, 1.807) is 6.07 Å². The highest BCUT2D eigenvalue weighted by molar-refractivity contribution is 6.42. The van der Waals surface area contributed by atoms with E-state index in [1.165, 1.54) is 32.1 Å². The zero-order chi connectivity index (χ0) is 21.3. The lowest BCUT2D eigenvalue weighted by Gasteiger charge is -2.23. The van der Waals surface area contributed by atoms with E-state index >= 15 is 0 Å².